The first-order valence-corrected chi connectivity index (χ1v) is 8.30. The van der Waals surface area contributed by atoms with Crippen molar-refractivity contribution < 1.29 is 14.3 Å². The third-order valence-corrected chi connectivity index (χ3v) is 3.94. The standard InChI is InChI=1S/C16H23ClN4O3/c1-11(22)20-7-5-12(6-8-20)21(15(23)24-16(2,3)4)14-9-13(17)18-10-19-14/h9-10,12H,5-8H2,1-4H3. The van der Waals surface area contributed by atoms with Gasteiger partial charge in [-0.05, 0) is 33.6 Å². The second-order valence-electron chi connectivity index (χ2n) is 6.79. The molecule has 0 spiro atoms. The number of halogens is 1. The Morgan fingerprint density at radius 3 is 2.42 bits per heavy atom. The molecular formula is C16H23ClN4O3. The fourth-order valence-corrected chi connectivity index (χ4v) is 2.78. The van der Waals surface area contributed by atoms with Crippen LogP contribution in [0.15, 0.2) is 12.4 Å². The Balaban J connectivity index is 2.23. The highest BCUT2D eigenvalue weighted by molar-refractivity contribution is 6.29. The maximum absolute atomic E-state index is 12.7. The van der Waals surface area contributed by atoms with Gasteiger partial charge in [0.05, 0.1) is 0 Å². The molecule has 1 fully saturated rings. The van der Waals surface area contributed by atoms with Crippen molar-refractivity contribution in [3.63, 3.8) is 0 Å². The molecule has 0 unspecified atom stereocenters. The van der Waals surface area contributed by atoms with E-state index in [4.69, 9.17) is 16.3 Å². The van der Waals surface area contributed by atoms with Crippen molar-refractivity contribution >= 4 is 29.4 Å². The van der Waals surface area contributed by atoms with Crippen LogP contribution in [0.2, 0.25) is 5.15 Å². The molecular weight excluding hydrogens is 332 g/mol. The van der Waals surface area contributed by atoms with E-state index in [2.05, 4.69) is 9.97 Å². The quantitative estimate of drug-likeness (QED) is 0.763. The van der Waals surface area contributed by atoms with Crippen molar-refractivity contribution in [3.8, 4) is 0 Å². The Morgan fingerprint density at radius 1 is 1.29 bits per heavy atom. The maximum Gasteiger partial charge on any atom is 0.416 e. The molecule has 0 atom stereocenters. The van der Waals surface area contributed by atoms with Crippen molar-refractivity contribution in [2.75, 3.05) is 18.0 Å². The van der Waals surface area contributed by atoms with E-state index in [1.807, 2.05) is 20.8 Å². The lowest BCUT2D eigenvalue weighted by Gasteiger charge is -2.38. The van der Waals surface area contributed by atoms with E-state index in [9.17, 15) is 9.59 Å². The summed E-state index contributed by atoms with van der Waals surface area (Å²) >= 11 is 5.95. The summed E-state index contributed by atoms with van der Waals surface area (Å²) in [5, 5.41) is 0.259. The molecule has 0 N–H and O–H groups in total. The Labute approximate surface area is 147 Å². The highest BCUT2D eigenvalue weighted by atomic mass is 35.5. The largest absolute Gasteiger partial charge is 0.443 e. The van der Waals surface area contributed by atoms with E-state index in [1.165, 1.54) is 11.2 Å². The van der Waals surface area contributed by atoms with E-state index < -0.39 is 11.7 Å². The van der Waals surface area contributed by atoms with Crippen LogP contribution in [0.3, 0.4) is 0 Å². The summed E-state index contributed by atoms with van der Waals surface area (Å²) in [7, 11) is 0. The van der Waals surface area contributed by atoms with Gasteiger partial charge in [0.25, 0.3) is 0 Å². The monoisotopic (exact) mass is 354 g/mol. The van der Waals surface area contributed by atoms with Crippen molar-refractivity contribution in [3.05, 3.63) is 17.5 Å². The molecule has 1 aromatic rings. The molecule has 2 amide bonds. The number of carbonyl (C=O) groups excluding carboxylic acids is 2. The molecule has 8 heteroatoms. The minimum atomic E-state index is -0.619. The zero-order chi connectivity index (χ0) is 17.9. The number of hydrogen-bond donors (Lipinski definition) is 0. The smallest absolute Gasteiger partial charge is 0.416 e. The number of nitrogens with zero attached hydrogens (tertiary/aromatic N) is 4. The van der Waals surface area contributed by atoms with Crippen molar-refractivity contribution in [1.29, 1.82) is 0 Å². The topological polar surface area (TPSA) is 75.6 Å². The van der Waals surface area contributed by atoms with Crippen LogP contribution in [0, 0.1) is 0 Å². The molecule has 7 nitrogen and oxygen atoms in total. The van der Waals surface area contributed by atoms with Crippen LogP contribution in [0.5, 0.6) is 0 Å². The highest BCUT2D eigenvalue weighted by Gasteiger charge is 2.33. The molecule has 2 heterocycles. The van der Waals surface area contributed by atoms with Crippen molar-refractivity contribution in [1.82, 2.24) is 14.9 Å². The number of ether oxygens (including phenoxy) is 1. The lowest BCUT2D eigenvalue weighted by molar-refractivity contribution is -0.129. The van der Waals surface area contributed by atoms with E-state index in [0.29, 0.717) is 31.7 Å². The summed E-state index contributed by atoms with van der Waals surface area (Å²) in [6.07, 6.45) is 2.15. The number of anilines is 1. The van der Waals surface area contributed by atoms with Gasteiger partial charge < -0.3 is 9.64 Å². The van der Waals surface area contributed by atoms with Gasteiger partial charge in [-0.25, -0.2) is 14.8 Å². The maximum atomic E-state index is 12.7. The van der Waals surface area contributed by atoms with Gasteiger partial charge in [0.1, 0.15) is 22.9 Å². The predicted molar refractivity (Wildman–Crippen MR) is 91.0 cm³/mol. The molecule has 0 saturated carbocycles. The summed E-state index contributed by atoms with van der Waals surface area (Å²) in [4.78, 5) is 35.5. The fraction of sp³-hybridized carbons (Fsp3) is 0.625. The lowest BCUT2D eigenvalue weighted by Crippen LogP contribution is -2.50. The molecule has 1 aliphatic heterocycles. The summed E-state index contributed by atoms with van der Waals surface area (Å²) in [6, 6.07) is 1.43. The highest BCUT2D eigenvalue weighted by Crippen LogP contribution is 2.25. The Kier molecular flexibility index (Phi) is 5.64. The third-order valence-electron chi connectivity index (χ3n) is 3.73. The van der Waals surface area contributed by atoms with Crippen LogP contribution in [-0.2, 0) is 9.53 Å². The van der Waals surface area contributed by atoms with Crippen LogP contribution >= 0.6 is 11.6 Å². The number of carbonyl (C=O) groups is 2. The first-order valence-electron chi connectivity index (χ1n) is 7.92. The van der Waals surface area contributed by atoms with Crippen LogP contribution in [0.1, 0.15) is 40.5 Å². The van der Waals surface area contributed by atoms with Gasteiger partial charge in [0.2, 0.25) is 5.91 Å². The number of aromatic nitrogens is 2. The second kappa shape index (κ2) is 7.34. The second-order valence-corrected chi connectivity index (χ2v) is 7.17. The van der Waals surface area contributed by atoms with Crippen LogP contribution in [0.25, 0.3) is 0 Å². The molecule has 1 aliphatic rings. The number of hydrogen-bond acceptors (Lipinski definition) is 5. The van der Waals surface area contributed by atoms with Gasteiger partial charge in [0, 0.05) is 32.1 Å². The first kappa shape index (κ1) is 18.4. The van der Waals surface area contributed by atoms with Crippen LogP contribution in [0.4, 0.5) is 10.6 Å². The zero-order valence-electron chi connectivity index (χ0n) is 14.5. The summed E-state index contributed by atoms with van der Waals surface area (Å²) in [5.74, 6) is 0.452. The summed E-state index contributed by atoms with van der Waals surface area (Å²) in [6.45, 7) is 8.18. The molecule has 24 heavy (non-hydrogen) atoms. The fourth-order valence-electron chi connectivity index (χ4n) is 2.64. The van der Waals surface area contributed by atoms with E-state index in [-0.39, 0.29) is 17.1 Å². The summed E-state index contributed by atoms with van der Waals surface area (Å²) < 4.78 is 5.52. The molecule has 0 aromatic carbocycles. The normalized spacial score (nSPS) is 16.0. The van der Waals surface area contributed by atoms with E-state index in [1.54, 1.807) is 17.9 Å². The van der Waals surface area contributed by atoms with Gasteiger partial charge in [-0.2, -0.15) is 0 Å². The SMILES string of the molecule is CC(=O)N1CCC(N(C(=O)OC(C)(C)C)c2cc(Cl)ncn2)CC1. The van der Waals surface area contributed by atoms with E-state index >= 15 is 0 Å². The molecule has 0 radical (unpaired) electrons. The number of likely N-dealkylation sites (tertiary alicyclic amines) is 1. The lowest BCUT2D eigenvalue weighted by atomic mass is 10.0. The number of piperidine rings is 1. The van der Waals surface area contributed by atoms with Gasteiger partial charge >= 0.3 is 6.09 Å². The van der Waals surface area contributed by atoms with Crippen molar-refractivity contribution in [2.24, 2.45) is 0 Å². The minimum absolute atomic E-state index is 0.0438. The Bertz CT molecular complexity index is 610. The Hall–Kier alpha value is -1.89. The van der Waals surface area contributed by atoms with Gasteiger partial charge in [0.15, 0.2) is 0 Å². The van der Waals surface area contributed by atoms with Gasteiger partial charge in [-0.1, -0.05) is 11.6 Å². The average Bonchev–Trinajstić information content (AvgIpc) is 2.46. The van der Waals surface area contributed by atoms with Gasteiger partial charge in [-0.15, -0.1) is 0 Å². The molecule has 0 bridgehead atoms. The number of rotatable bonds is 2. The minimum Gasteiger partial charge on any atom is -0.443 e. The first-order chi connectivity index (χ1) is 11.2. The molecule has 1 saturated heterocycles. The Morgan fingerprint density at radius 2 is 1.92 bits per heavy atom. The molecule has 0 aliphatic carbocycles. The summed E-state index contributed by atoms with van der Waals surface area (Å²) in [5.41, 5.74) is -0.619. The van der Waals surface area contributed by atoms with E-state index in [0.717, 1.165) is 0 Å². The number of amides is 2. The molecule has 2 rings (SSSR count). The van der Waals surface area contributed by atoms with Gasteiger partial charge in [-0.3, -0.25) is 9.69 Å². The van der Waals surface area contributed by atoms with Crippen LogP contribution in [-0.4, -0.2) is 51.6 Å². The molecule has 132 valence electrons. The van der Waals surface area contributed by atoms with Crippen LogP contribution < -0.4 is 4.90 Å². The average molecular weight is 355 g/mol. The third kappa shape index (κ3) is 4.80. The molecule has 1 aromatic heterocycles. The predicted octanol–water partition coefficient (Wildman–Crippen LogP) is 2.88. The zero-order valence-corrected chi connectivity index (χ0v) is 15.2. The van der Waals surface area contributed by atoms with Crippen molar-refractivity contribution in [2.45, 2.75) is 52.2 Å².